The molecule has 4 heteroatoms. The van der Waals surface area contributed by atoms with Crippen molar-refractivity contribution in [3.63, 3.8) is 0 Å². The Morgan fingerprint density at radius 2 is 1.42 bits per heavy atom. The predicted octanol–water partition coefficient (Wildman–Crippen LogP) is 3.89. The quantitative estimate of drug-likeness (QED) is 0.459. The van der Waals surface area contributed by atoms with Crippen molar-refractivity contribution in [2.45, 2.75) is 20.8 Å². The molecule has 126 valence electrons. The monoisotopic (exact) mass is 326 g/mol. The second kappa shape index (κ2) is 7.77. The van der Waals surface area contributed by atoms with Crippen LogP contribution in [-0.4, -0.2) is 25.0 Å². The summed E-state index contributed by atoms with van der Waals surface area (Å²) in [6, 6.07) is 16.1. The van der Waals surface area contributed by atoms with Crippen LogP contribution in [0.2, 0.25) is 0 Å². The van der Waals surface area contributed by atoms with Gasteiger partial charge in [-0.2, -0.15) is 0 Å². The molecule has 24 heavy (non-hydrogen) atoms. The zero-order valence-corrected chi connectivity index (χ0v) is 14.2. The van der Waals surface area contributed by atoms with E-state index in [2.05, 4.69) is 0 Å². The van der Waals surface area contributed by atoms with Gasteiger partial charge in [-0.15, -0.1) is 0 Å². The fourth-order valence-electron chi connectivity index (χ4n) is 1.97. The second-order valence-corrected chi connectivity index (χ2v) is 6.45. The van der Waals surface area contributed by atoms with Gasteiger partial charge in [0.15, 0.2) is 5.78 Å². The third kappa shape index (κ3) is 4.95. The van der Waals surface area contributed by atoms with Crippen LogP contribution in [0, 0.1) is 5.41 Å². The van der Waals surface area contributed by atoms with E-state index in [0.717, 1.165) is 0 Å². The first kappa shape index (κ1) is 17.7. The minimum Gasteiger partial charge on any atom is -0.490 e. The highest BCUT2D eigenvalue weighted by atomic mass is 16.6. The van der Waals surface area contributed by atoms with Crippen molar-refractivity contribution in [3.05, 3.63) is 65.7 Å². The molecular formula is C20H22O4. The molecule has 0 heterocycles. The number of hydrogen-bond acceptors (Lipinski definition) is 4. The highest BCUT2D eigenvalue weighted by Gasteiger charge is 2.22. The first-order chi connectivity index (χ1) is 11.4. The molecule has 0 atom stereocenters. The van der Waals surface area contributed by atoms with Gasteiger partial charge in [-0.25, -0.2) is 0 Å². The van der Waals surface area contributed by atoms with Gasteiger partial charge in [-0.05, 0) is 45.0 Å². The zero-order chi connectivity index (χ0) is 17.6. The summed E-state index contributed by atoms with van der Waals surface area (Å²) in [7, 11) is 0. The van der Waals surface area contributed by atoms with Crippen LogP contribution in [0.15, 0.2) is 54.6 Å². The second-order valence-electron chi connectivity index (χ2n) is 6.45. The number of hydrogen-bond donors (Lipinski definition) is 0. The summed E-state index contributed by atoms with van der Waals surface area (Å²) in [5, 5.41) is 0. The molecule has 0 aromatic heterocycles. The molecule has 0 N–H and O–H groups in total. The number of carbonyl (C=O) groups is 2. The molecule has 0 spiro atoms. The molecule has 0 saturated heterocycles. The number of benzene rings is 2. The molecular weight excluding hydrogens is 304 g/mol. The molecule has 2 aromatic carbocycles. The predicted molar refractivity (Wildman–Crippen MR) is 92.2 cm³/mol. The fraction of sp³-hybridized carbons (Fsp3) is 0.300. The molecule has 0 saturated carbocycles. The normalized spacial score (nSPS) is 11.0. The highest BCUT2D eigenvalue weighted by Crippen LogP contribution is 2.17. The maximum Gasteiger partial charge on any atom is 0.311 e. The number of esters is 1. The Morgan fingerprint density at radius 1 is 0.833 bits per heavy atom. The first-order valence-corrected chi connectivity index (χ1v) is 7.88. The molecule has 0 unspecified atom stereocenters. The van der Waals surface area contributed by atoms with Gasteiger partial charge < -0.3 is 9.47 Å². The van der Waals surface area contributed by atoms with Crippen LogP contribution >= 0.6 is 0 Å². The first-order valence-electron chi connectivity index (χ1n) is 7.88. The molecule has 0 aliphatic carbocycles. The van der Waals surface area contributed by atoms with Crippen molar-refractivity contribution in [2.24, 2.45) is 5.41 Å². The number of ether oxygens (including phenoxy) is 2. The molecule has 0 bridgehead atoms. The van der Waals surface area contributed by atoms with Gasteiger partial charge in [-0.3, -0.25) is 9.59 Å². The number of rotatable bonds is 6. The van der Waals surface area contributed by atoms with Crippen LogP contribution in [0.4, 0.5) is 0 Å². The van der Waals surface area contributed by atoms with E-state index in [1.807, 2.05) is 18.2 Å². The SMILES string of the molecule is CC(C)(C)C(=O)OCCOc1ccc(C(=O)c2ccccc2)cc1. The molecule has 4 nitrogen and oxygen atoms in total. The third-order valence-electron chi connectivity index (χ3n) is 3.35. The minimum atomic E-state index is -0.514. The molecule has 2 rings (SSSR count). The van der Waals surface area contributed by atoms with Crippen molar-refractivity contribution >= 4 is 11.8 Å². The van der Waals surface area contributed by atoms with Gasteiger partial charge in [0.2, 0.25) is 0 Å². The molecule has 2 aromatic rings. The summed E-state index contributed by atoms with van der Waals surface area (Å²) in [4.78, 5) is 23.9. The van der Waals surface area contributed by atoms with Crippen LogP contribution in [0.1, 0.15) is 36.7 Å². The topological polar surface area (TPSA) is 52.6 Å². The van der Waals surface area contributed by atoms with Gasteiger partial charge in [-0.1, -0.05) is 30.3 Å². The van der Waals surface area contributed by atoms with E-state index in [1.165, 1.54) is 0 Å². The van der Waals surface area contributed by atoms with Crippen LogP contribution in [0.3, 0.4) is 0 Å². The van der Waals surface area contributed by atoms with Crippen LogP contribution in [-0.2, 0) is 9.53 Å². The average molecular weight is 326 g/mol. The lowest BCUT2D eigenvalue weighted by Crippen LogP contribution is -2.24. The summed E-state index contributed by atoms with van der Waals surface area (Å²) in [6.45, 7) is 5.88. The van der Waals surface area contributed by atoms with E-state index < -0.39 is 5.41 Å². The summed E-state index contributed by atoms with van der Waals surface area (Å²) >= 11 is 0. The zero-order valence-electron chi connectivity index (χ0n) is 14.2. The summed E-state index contributed by atoms with van der Waals surface area (Å²) in [6.07, 6.45) is 0. The maximum atomic E-state index is 12.3. The standard InChI is InChI=1S/C20H22O4/c1-20(2,3)19(22)24-14-13-23-17-11-9-16(10-12-17)18(21)15-7-5-4-6-8-15/h4-12H,13-14H2,1-3H3. The minimum absolute atomic E-state index is 0.0266. The molecule has 0 fully saturated rings. The van der Waals surface area contributed by atoms with Crippen molar-refractivity contribution in [1.82, 2.24) is 0 Å². The van der Waals surface area contributed by atoms with E-state index in [0.29, 0.717) is 16.9 Å². The smallest absolute Gasteiger partial charge is 0.311 e. The van der Waals surface area contributed by atoms with E-state index >= 15 is 0 Å². The Morgan fingerprint density at radius 3 is 2.00 bits per heavy atom. The van der Waals surface area contributed by atoms with Crippen molar-refractivity contribution in [1.29, 1.82) is 0 Å². The van der Waals surface area contributed by atoms with Crippen molar-refractivity contribution < 1.29 is 19.1 Å². The summed E-state index contributed by atoms with van der Waals surface area (Å²) < 4.78 is 10.7. The van der Waals surface area contributed by atoms with E-state index in [-0.39, 0.29) is 25.0 Å². The summed E-state index contributed by atoms with van der Waals surface area (Å²) in [5.74, 6) is 0.350. The Hall–Kier alpha value is -2.62. The van der Waals surface area contributed by atoms with Gasteiger partial charge >= 0.3 is 5.97 Å². The largest absolute Gasteiger partial charge is 0.490 e. The average Bonchev–Trinajstić information content (AvgIpc) is 2.58. The Balaban J connectivity index is 1.84. The lowest BCUT2D eigenvalue weighted by atomic mass is 9.97. The lowest BCUT2D eigenvalue weighted by molar-refractivity contribution is -0.153. The third-order valence-corrected chi connectivity index (χ3v) is 3.35. The number of ketones is 1. The number of carbonyl (C=O) groups excluding carboxylic acids is 2. The van der Waals surface area contributed by atoms with Gasteiger partial charge in [0.25, 0.3) is 0 Å². The molecule has 0 amide bonds. The van der Waals surface area contributed by atoms with Crippen molar-refractivity contribution in [3.8, 4) is 5.75 Å². The lowest BCUT2D eigenvalue weighted by Gasteiger charge is -2.16. The van der Waals surface area contributed by atoms with Gasteiger partial charge in [0.1, 0.15) is 19.0 Å². The van der Waals surface area contributed by atoms with E-state index in [4.69, 9.17) is 9.47 Å². The van der Waals surface area contributed by atoms with E-state index in [9.17, 15) is 9.59 Å². The Bertz CT molecular complexity index is 682. The van der Waals surface area contributed by atoms with Crippen molar-refractivity contribution in [2.75, 3.05) is 13.2 Å². The van der Waals surface area contributed by atoms with Crippen LogP contribution in [0.25, 0.3) is 0 Å². The van der Waals surface area contributed by atoms with E-state index in [1.54, 1.807) is 57.2 Å². The molecule has 0 radical (unpaired) electrons. The Kier molecular flexibility index (Phi) is 5.74. The van der Waals surface area contributed by atoms with Crippen LogP contribution < -0.4 is 4.74 Å². The fourth-order valence-corrected chi connectivity index (χ4v) is 1.97. The molecule has 0 aliphatic heterocycles. The Labute approximate surface area is 142 Å². The maximum absolute atomic E-state index is 12.3. The van der Waals surface area contributed by atoms with Crippen LogP contribution in [0.5, 0.6) is 5.75 Å². The highest BCUT2D eigenvalue weighted by molar-refractivity contribution is 6.08. The summed E-state index contributed by atoms with van der Waals surface area (Å²) in [5.41, 5.74) is 0.743. The molecule has 0 aliphatic rings. The van der Waals surface area contributed by atoms with Gasteiger partial charge in [0.05, 0.1) is 5.41 Å². The van der Waals surface area contributed by atoms with Gasteiger partial charge in [0, 0.05) is 11.1 Å².